The van der Waals surface area contributed by atoms with Gasteiger partial charge in [0.1, 0.15) is 0 Å². The molecule has 3 rings (SSSR count). The molecule has 3 heteroatoms. The van der Waals surface area contributed by atoms with Gasteiger partial charge in [-0.1, -0.05) is 71.2 Å². The summed E-state index contributed by atoms with van der Waals surface area (Å²) in [5.41, 5.74) is 3.74. The highest BCUT2D eigenvalue weighted by molar-refractivity contribution is 6.52. The molecule has 0 aromatic heterocycles. The lowest BCUT2D eigenvalue weighted by molar-refractivity contribution is 1.09. The summed E-state index contributed by atoms with van der Waals surface area (Å²) in [7, 11) is 0. The number of halogens is 3. The first-order chi connectivity index (χ1) is 7.62. The van der Waals surface area contributed by atoms with Gasteiger partial charge in [0.25, 0.3) is 0 Å². The molecule has 0 spiro atoms. The molecule has 0 radical (unpaired) electrons. The summed E-state index contributed by atoms with van der Waals surface area (Å²) >= 11 is 19.0. The zero-order valence-corrected chi connectivity index (χ0v) is 10.4. The molecule has 0 bridgehead atoms. The predicted molar refractivity (Wildman–Crippen MR) is 69.4 cm³/mol. The molecule has 0 fully saturated rings. The summed E-state index contributed by atoms with van der Waals surface area (Å²) in [6, 6.07) is 13.5. The Hall–Kier alpha value is -0.690. The van der Waals surface area contributed by atoms with E-state index in [1.807, 2.05) is 42.5 Å². The summed E-state index contributed by atoms with van der Waals surface area (Å²) in [5.74, 6) is 0. The van der Waals surface area contributed by atoms with Crippen LogP contribution in [0.2, 0.25) is 5.02 Å². The Bertz CT molecular complexity index is 573. The highest BCUT2D eigenvalue weighted by atomic mass is 35.5. The average Bonchev–Trinajstić information content (AvgIpc) is 2.51. The van der Waals surface area contributed by atoms with Crippen LogP contribution >= 0.6 is 34.8 Å². The van der Waals surface area contributed by atoms with E-state index in [1.54, 1.807) is 0 Å². The van der Waals surface area contributed by atoms with E-state index in [1.165, 1.54) is 0 Å². The van der Waals surface area contributed by atoms with Gasteiger partial charge in [-0.25, -0.2) is 0 Å². The average molecular weight is 270 g/mol. The second kappa shape index (κ2) is 3.40. The third-order valence-corrected chi connectivity index (χ3v) is 4.02. The Morgan fingerprint density at radius 3 is 2.31 bits per heavy atom. The quantitative estimate of drug-likeness (QED) is 0.591. The van der Waals surface area contributed by atoms with Crippen LogP contribution in [0.5, 0.6) is 0 Å². The van der Waals surface area contributed by atoms with Crippen LogP contribution in [0.1, 0.15) is 11.1 Å². The number of hydrogen-bond acceptors (Lipinski definition) is 0. The van der Waals surface area contributed by atoms with Crippen molar-refractivity contribution in [2.45, 2.75) is 4.33 Å². The molecule has 2 aromatic carbocycles. The van der Waals surface area contributed by atoms with Crippen molar-refractivity contribution >= 4 is 34.8 Å². The molecule has 80 valence electrons. The molecule has 0 amide bonds. The van der Waals surface area contributed by atoms with Crippen molar-refractivity contribution in [3.63, 3.8) is 0 Å². The fourth-order valence-electron chi connectivity index (χ4n) is 2.18. The Balaban J connectivity index is 2.45. The van der Waals surface area contributed by atoms with Crippen LogP contribution in [-0.2, 0) is 4.33 Å². The fraction of sp³-hybridized carbons (Fsp3) is 0.0769. The van der Waals surface area contributed by atoms with Crippen LogP contribution in [0.4, 0.5) is 0 Å². The van der Waals surface area contributed by atoms with Gasteiger partial charge >= 0.3 is 0 Å². The van der Waals surface area contributed by atoms with Gasteiger partial charge in [-0.15, -0.1) is 0 Å². The van der Waals surface area contributed by atoms with Gasteiger partial charge in [-0.2, -0.15) is 0 Å². The smallest absolute Gasteiger partial charge is 0.0909 e. The van der Waals surface area contributed by atoms with Crippen LogP contribution < -0.4 is 0 Å². The van der Waals surface area contributed by atoms with E-state index in [9.17, 15) is 0 Å². The predicted octanol–water partition coefficient (Wildman–Crippen LogP) is 5.00. The molecule has 0 aliphatic heterocycles. The van der Waals surface area contributed by atoms with E-state index in [0.717, 1.165) is 22.3 Å². The Labute approximate surface area is 109 Å². The molecule has 0 saturated heterocycles. The topological polar surface area (TPSA) is 0 Å². The number of rotatable bonds is 0. The van der Waals surface area contributed by atoms with Crippen molar-refractivity contribution < 1.29 is 0 Å². The highest BCUT2D eigenvalue weighted by Gasteiger charge is 2.40. The van der Waals surface area contributed by atoms with E-state index >= 15 is 0 Å². The monoisotopic (exact) mass is 268 g/mol. The van der Waals surface area contributed by atoms with E-state index < -0.39 is 4.33 Å². The van der Waals surface area contributed by atoms with Crippen molar-refractivity contribution in [1.29, 1.82) is 0 Å². The second-order valence-electron chi connectivity index (χ2n) is 3.78. The normalized spacial score (nSPS) is 15.7. The lowest BCUT2D eigenvalue weighted by Crippen LogP contribution is -2.07. The third kappa shape index (κ3) is 1.24. The fourth-order valence-corrected chi connectivity index (χ4v) is 3.10. The summed E-state index contributed by atoms with van der Waals surface area (Å²) in [4.78, 5) is 0. The van der Waals surface area contributed by atoms with E-state index in [-0.39, 0.29) is 0 Å². The standard InChI is InChI=1S/C13H7Cl3/c14-11-7-3-6-10-12(11)8-4-1-2-5-9(8)13(10,15)16/h1-7H. The molecule has 0 unspecified atom stereocenters. The van der Waals surface area contributed by atoms with Gasteiger partial charge in [0.15, 0.2) is 4.33 Å². The SMILES string of the molecule is Clc1cccc2c1-c1ccccc1C2(Cl)Cl. The molecule has 16 heavy (non-hydrogen) atoms. The van der Waals surface area contributed by atoms with E-state index in [2.05, 4.69) is 0 Å². The van der Waals surface area contributed by atoms with Crippen molar-refractivity contribution in [3.8, 4) is 11.1 Å². The van der Waals surface area contributed by atoms with Gasteiger partial charge < -0.3 is 0 Å². The van der Waals surface area contributed by atoms with Crippen molar-refractivity contribution in [2.75, 3.05) is 0 Å². The summed E-state index contributed by atoms with van der Waals surface area (Å²) < 4.78 is -0.989. The summed E-state index contributed by atoms with van der Waals surface area (Å²) in [6.07, 6.45) is 0. The van der Waals surface area contributed by atoms with Gasteiger partial charge in [-0.3, -0.25) is 0 Å². The Morgan fingerprint density at radius 2 is 1.50 bits per heavy atom. The second-order valence-corrected chi connectivity index (χ2v) is 5.52. The zero-order chi connectivity index (χ0) is 11.3. The zero-order valence-electron chi connectivity index (χ0n) is 8.18. The molecule has 1 aliphatic rings. The number of alkyl halides is 2. The molecule has 0 saturated carbocycles. The first kappa shape index (κ1) is 10.5. The third-order valence-electron chi connectivity index (χ3n) is 2.89. The molecule has 0 N–H and O–H groups in total. The summed E-state index contributed by atoms with van der Waals surface area (Å²) in [6.45, 7) is 0. The Morgan fingerprint density at radius 1 is 0.812 bits per heavy atom. The van der Waals surface area contributed by atoms with Gasteiger partial charge in [0, 0.05) is 21.7 Å². The maximum absolute atomic E-state index is 6.41. The lowest BCUT2D eigenvalue weighted by atomic mass is 10.1. The van der Waals surface area contributed by atoms with Gasteiger partial charge in [0.2, 0.25) is 0 Å². The Kier molecular flexibility index (Phi) is 2.22. The van der Waals surface area contributed by atoms with Crippen molar-refractivity contribution in [3.05, 3.63) is 58.6 Å². The van der Waals surface area contributed by atoms with E-state index in [0.29, 0.717) is 5.02 Å². The highest BCUT2D eigenvalue weighted by Crippen LogP contribution is 2.55. The van der Waals surface area contributed by atoms with Crippen LogP contribution in [0.25, 0.3) is 11.1 Å². The van der Waals surface area contributed by atoms with Crippen LogP contribution in [-0.4, -0.2) is 0 Å². The molecule has 0 atom stereocenters. The molecular weight excluding hydrogens is 263 g/mol. The minimum atomic E-state index is -0.989. The van der Waals surface area contributed by atoms with Crippen LogP contribution in [0.15, 0.2) is 42.5 Å². The largest absolute Gasteiger partial charge is 0.169 e. The summed E-state index contributed by atoms with van der Waals surface area (Å²) in [5, 5.41) is 0.688. The number of benzene rings is 2. The number of hydrogen-bond donors (Lipinski definition) is 0. The number of fused-ring (bicyclic) bond motifs is 3. The van der Waals surface area contributed by atoms with Gasteiger partial charge in [-0.05, 0) is 11.6 Å². The van der Waals surface area contributed by atoms with Gasteiger partial charge in [0.05, 0.1) is 0 Å². The minimum absolute atomic E-state index is 0.688. The molecule has 0 heterocycles. The van der Waals surface area contributed by atoms with Crippen LogP contribution in [0.3, 0.4) is 0 Å². The lowest BCUT2D eigenvalue weighted by Gasteiger charge is -2.15. The molecule has 1 aliphatic carbocycles. The van der Waals surface area contributed by atoms with Crippen LogP contribution in [0, 0.1) is 0 Å². The van der Waals surface area contributed by atoms with E-state index in [4.69, 9.17) is 34.8 Å². The first-order valence-electron chi connectivity index (χ1n) is 4.89. The maximum Gasteiger partial charge on any atom is 0.169 e. The van der Waals surface area contributed by atoms with Crippen molar-refractivity contribution in [1.82, 2.24) is 0 Å². The first-order valence-corrected chi connectivity index (χ1v) is 6.02. The maximum atomic E-state index is 6.41. The minimum Gasteiger partial charge on any atom is -0.0909 e. The molecular formula is C13H7Cl3. The van der Waals surface area contributed by atoms with Crippen molar-refractivity contribution in [2.24, 2.45) is 0 Å². The molecule has 0 nitrogen and oxygen atoms in total. The molecule has 2 aromatic rings.